The third-order valence-corrected chi connectivity index (χ3v) is 4.88. The van der Waals surface area contributed by atoms with Crippen LogP contribution in [0.5, 0.6) is 0 Å². The van der Waals surface area contributed by atoms with E-state index in [2.05, 4.69) is 29.1 Å². The zero-order valence-corrected chi connectivity index (χ0v) is 14.4. The van der Waals surface area contributed by atoms with Gasteiger partial charge in [-0.05, 0) is 51.2 Å². The second-order valence-electron chi connectivity index (χ2n) is 5.85. The molecular weight excluding hydrogens is 305 g/mol. The fourth-order valence-corrected chi connectivity index (χ4v) is 2.90. The van der Waals surface area contributed by atoms with Gasteiger partial charge in [0, 0.05) is 32.2 Å². The largest absolute Gasteiger partial charge is 0.310 e. The van der Waals surface area contributed by atoms with E-state index >= 15 is 0 Å². The zero-order chi connectivity index (χ0) is 15.2. The summed E-state index contributed by atoms with van der Waals surface area (Å²) in [6.45, 7) is 9.12. The Morgan fingerprint density at radius 3 is 2.52 bits per heavy atom. The monoisotopic (exact) mass is 329 g/mol. The van der Waals surface area contributed by atoms with Crippen LogP contribution in [-0.4, -0.2) is 56.1 Å². The lowest BCUT2D eigenvalue weighted by Crippen LogP contribution is -2.45. The second-order valence-corrected chi connectivity index (χ2v) is 6.66. The molecule has 1 aliphatic rings. The number of nitrogens with zero attached hydrogens (tertiary/aromatic N) is 2. The first kappa shape index (κ1) is 17.0. The number of benzene rings is 1. The first-order valence-corrected chi connectivity index (χ1v) is 8.41. The van der Waals surface area contributed by atoms with Crippen molar-refractivity contribution in [1.29, 1.82) is 0 Å². The number of rotatable bonds is 6. The van der Waals surface area contributed by atoms with Gasteiger partial charge < -0.3 is 15.1 Å². The molecule has 1 N–H and O–H groups in total. The Kier molecular flexibility index (Phi) is 6.77. The number of piperazine rings is 1. The standard InChI is InChI=1S/C16H25Cl2N3/c1-13(14-4-5-15(17)16(18)12-14)19-6-3-7-21-10-8-20(2)9-11-21/h4-5,12-13,19H,3,6-11H2,1-2H3. The summed E-state index contributed by atoms with van der Waals surface area (Å²) in [6, 6.07) is 6.14. The van der Waals surface area contributed by atoms with E-state index in [-0.39, 0.29) is 0 Å². The SMILES string of the molecule is CC(NCCCN1CCN(C)CC1)c1ccc(Cl)c(Cl)c1. The molecule has 0 radical (unpaired) electrons. The van der Waals surface area contributed by atoms with Crippen LogP contribution in [-0.2, 0) is 0 Å². The number of likely N-dealkylation sites (N-methyl/N-ethyl adjacent to an activating group) is 1. The normalized spacial score (nSPS) is 18.9. The summed E-state index contributed by atoms with van der Waals surface area (Å²) in [4.78, 5) is 4.94. The molecule has 118 valence electrons. The Balaban J connectivity index is 1.67. The topological polar surface area (TPSA) is 18.5 Å². The van der Waals surface area contributed by atoms with Crippen LogP contribution in [0.4, 0.5) is 0 Å². The first-order valence-electron chi connectivity index (χ1n) is 7.65. The van der Waals surface area contributed by atoms with E-state index in [4.69, 9.17) is 23.2 Å². The van der Waals surface area contributed by atoms with E-state index in [0.29, 0.717) is 16.1 Å². The van der Waals surface area contributed by atoms with Crippen LogP contribution in [0.15, 0.2) is 18.2 Å². The van der Waals surface area contributed by atoms with E-state index in [0.717, 1.165) is 6.54 Å². The average molecular weight is 330 g/mol. The third-order valence-electron chi connectivity index (χ3n) is 4.14. The van der Waals surface area contributed by atoms with Crippen molar-refractivity contribution in [2.75, 3.05) is 46.3 Å². The van der Waals surface area contributed by atoms with E-state index < -0.39 is 0 Å². The van der Waals surface area contributed by atoms with Crippen molar-refractivity contribution in [2.45, 2.75) is 19.4 Å². The lowest BCUT2D eigenvalue weighted by atomic mass is 10.1. The van der Waals surface area contributed by atoms with Gasteiger partial charge in [-0.3, -0.25) is 0 Å². The summed E-state index contributed by atoms with van der Waals surface area (Å²) >= 11 is 12.0. The number of halogens is 2. The molecule has 0 amide bonds. The summed E-state index contributed by atoms with van der Waals surface area (Å²) in [7, 11) is 2.19. The van der Waals surface area contributed by atoms with Crippen LogP contribution in [0.2, 0.25) is 10.0 Å². The van der Waals surface area contributed by atoms with E-state index in [1.807, 2.05) is 18.2 Å². The summed E-state index contributed by atoms with van der Waals surface area (Å²) in [5.41, 5.74) is 1.18. The van der Waals surface area contributed by atoms with Gasteiger partial charge in [0.15, 0.2) is 0 Å². The van der Waals surface area contributed by atoms with Crippen LogP contribution in [0, 0.1) is 0 Å². The van der Waals surface area contributed by atoms with Gasteiger partial charge in [0.25, 0.3) is 0 Å². The molecule has 5 heteroatoms. The van der Waals surface area contributed by atoms with Crippen molar-refractivity contribution in [3.05, 3.63) is 33.8 Å². The van der Waals surface area contributed by atoms with Gasteiger partial charge >= 0.3 is 0 Å². The molecule has 1 unspecified atom stereocenters. The maximum atomic E-state index is 6.06. The zero-order valence-electron chi connectivity index (χ0n) is 12.9. The summed E-state index contributed by atoms with van der Waals surface area (Å²) in [5, 5.41) is 4.79. The summed E-state index contributed by atoms with van der Waals surface area (Å²) in [6.07, 6.45) is 1.18. The van der Waals surface area contributed by atoms with Gasteiger partial charge in [-0.1, -0.05) is 29.3 Å². The molecule has 3 nitrogen and oxygen atoms in total. The number of hydrogen-bond acceptors (Lipinski definition) is 3. The molecule has 1 aromatic carbocycles. The molecule has 1 saturated heterocycles. The molecule has 1 fully saturated rings. The maximum absolute atomic E-state index is 6.06. The maximum Gasteiger partial charge on any atom is 0.0595 e. The van der Waals surface area contributed by atoms with Gasteiger partial charge in [-0.2, -0.15) is 0 Å². The Bertz CT molecular complexity index is 445. The minimum Gasteiger partial charge on any atom is -0.310 e. The van der Waals surface area contributed by atoms with Crippen LogP contribution >= 0.6 is 23.2 Å². The van der Waals surface area contributed by atoms with Crippen molar-refractivity contribution in [3.63, 3.8) is 0 Å². The average Bonchev–Trinajstić information content (AvgIpc) is 2.48. The number of hydrogen-bond donors (Lipinski definition) is 1. The van der Waals surface area contributed by atoms with Gasteiger partial charge in [0.05, 0.1) is 10.0 Å². The summed E-state index contributed by atoms with van der Waals surface area (Å²) < 4.78 is 0. The second kappa shape index (κ2) is 8.35. The van der Waals surface area contributed by atoms with Crippen molar-refractivity contribution in [2.24, 2.45) is 0 Å². The van der Waals surface area contributed by atoms with Crippen molar-refractivity contribution >= 4 is 23.2 Å². The van der Waals surface area contributed by atoms with Crippen LogP contribution in [0.3, 0.4) is 0 Å². The Morgan fingerprint density at radius 2 is 1.86 bits per heavy atom. The van der Waals surface area contributed by atoms with Crippen LogP contribution in [0.25, 0.3) is 0 Å². The van der Waals surface area contributed by atoms with E-state index in [9.17, 15) is 0 Å². The predicted octanol–water partition coefficient (Wildman–Crippen LogP) is 3.28. The van der Waals surface area contributed by atoms with E-state index in [1.165, 1.54) is 44.7 Å². The first-order chi connectivity index (χ1) is 10.1. The quantitative estimate of drug-likeness (QED) is 0.808. The molecule has 0 bridgehead atoms. The number of nitrogens with one attached hydrogen (secondary N) is 1. The Morgan fingerprint density at radius 1 is 1.14 bits per heavy atom. The molecule has 0 aromatic heterocycles. The van der Waals surface area contributed by atoms with Crippen LogP contribution in [0.1, 0.15) is 24.9 Å². The van der Waals surface area contributed by atoms with Gasteiger partial charge in [-0.25, -0.2) is 0 Å². The van der Waals surface area contributed by atoms with Gasteiger partial charge in [0.2, 0.25) is 0 Å². The minimum atomic E-state index is 0.298. The Labute approximate surface area is 138 Å². The smallest absolute Gasteiger partial charge is 0.0595 e. The highest BCUT2D eigenvalue weighted by atomic mass is 35.5. The molecule has 21 heavy (non-hydrogen) atoms. The fraction of sp³-hybridized carbons (Fsp3) is 0.625. The van der Waals surface area contributed by atoms with Gasteiger partial charge in [0.1, 0.15) is 0 Å². The van der Waals surface area contributed by atoms with Crippen LogP contribution < -0.4 is 5.32 Å². The molecule has 0 saturated carbocycles. The fourth-order valence-electron chi connectivity index (χ4n) is 2.59. The van der Waals surface area contributed by atoms with Crippen molar-refractivity contribution in [1.82, 2.24) is 15.1 Å². The molecule has 1 heterocycles. The molecule has 0 aliphatic carbocycles. The summed E-state index contributed by atoms with van der Waals surface area (Å²) in [5.74, 6) is 0. The Hall–Kier alpha value is -0.320. The molecule has 2 rings (SSSR count). The molecule has 1 atom stereocenters. The lowest BCUT2D eigenvalue weighted by molar-refractivity contribution is 0.152. The van der Waals surface area contributed by atoms with E-state index in [1.54, 1.807) is 0 Å². The highest BCUT2D eigenvalue weighted by Crippen LogP contribution is 2.25. The predicted molar refractivity (Wildman–Crippen MR) is 91.4 cm³/mol. The van der Waals surface area contributed by atoms with Crippen molar-refractivity contribution in [3.8, 4) is 0 Å². The lowest BCUT2D eigenvalue weighted by Gasteiger charge is -2.32. The molecular formula is C16H25Cl2N3. The third kappa shape index (κ3) is 5.42. The minimum absolute atomic E-state index is 0.298. The van der Waals surface area contributed by atoms with Crippen molar-refractivity contribution < 1.29 is 0 Å². The highest BCUT2D eigenvalue weighted by Gasteiger charge is 2.13. The molecule has 1 aromatic rings. The molecule has 1 aliphatic heterocycles. The molecule has 0 spiro atoms. The van der Waals surface area contributed by atoms with Gasteiger partial charge in [-0.15, -0.1) is 0 Å². The highest BCUT2D eigenvalue weighted by molar-refractivity contribution is 6.42.